The Morgan fingerprint density at radius 2 is 1.70 bits per heavy atom. The summed E-state index contributed by atoms with van der Waals surface area (Å²) < 4.78 is 5.01. The van der Waals surface area contributed by atoms with Crippen molar-refractivity contribution in [3.8, 4) is 5.75 Å². The van der Waals surface area contributed by atoms with Gasteiger partial charge in [0.1, 0.15) is 11.3 Å². The summed E-state index contributed by atoms with van der Waals surface area (Å²) in [4.78, 5) is 23.0. The Morgan fingerprint density at radius 1 is 1.09 bits per heavy atom. The van der Waals surface area contributed by atoms with E-state index in [1.807, 2.05) is 6.92 Å². The summed E-state index contributed by atoms with van der Waals surface area (Å²) in [5.74, 6) is -0.944. The monoisotopic (exact) mass is 334 g/mol. The minimum absolute atomic E-state index is 0.0174. The molecule has 6 nitrogen and oxygen atoms in total. The van der Waals surface area contributed by atoms with Gasteiger partial charge in [0.05, 0.1) is 7.11 Å². The molecule has 0 radical (unpaired) electrons. The molecule has 2 aromatic rings. The van der Waals surface area contributed by atoms with Crippen LogP contribution >= 0.6 is 11.6 Å². The molecule has 0 spiro atoms. The Kier molecular flexibility index (Phi) is 5.08. The predicted octanol–water partition coefficient (Wildman–Crippen LogP) is 4.00. The number of rotatable bonds is 4. The summed E-state index contributed by atoms with van der Waals surface area (Å²) in [7, 11) is 1.36. The minimum atomic E-state index is -1.10. The number of nitrogens with one attached hydrogen (secondary N) is 2. The number of anilines is 2. The van der Waals surface area contributed by atoms with E-state index in [2.05, 4.69) is 10.6 Å². The molecule has 2 aromatic carbocycles. The summed E-state index contributed by atoms with van der Waals surface area (Å²) in [5.41, 5.74) is 1.88. The zero-order valence-electron chi connectivity index (χ0n) is 12.5. The number of carboxylic acid groups (broad SMARTS) is 1. The lowest BCUT2D eigenvalue weighted by molar-refractivity contribution is 0.0693. The second kappa shape index (κ2) is 7.02. The van der Waals surface area contributed by atoms with Crippen LogP contribution in [0.1, 0.15) is 15.9 Å². The number of benzene rings is 2. The van der Waals surface area contributed by atoms with Gasteiger partial charge in [-0.15, -0.1) is 0 Å². The second-order valence-electron chi connectivity index (χ2n) is 4.76. The maximum Gasteiger partial charge on any atom is 0.339 e. The molecular weight excluding hydrogens is 320 g/mol. The summed E-state index contributed by atoms with van der Waals surface area (Å²) in [6.07, 6.45) is 0. The zero-order chi connectivity index (χ0) is 17.0. The van der Waals surface area contributed by atoms with Crippen LogP contribution in [0.15, 0.2) is 36.4 Å². The van der Waals surface area contributed by atoms with Crippen molar-refractivity contribution in [1.29, 1.82) is 0 Å². The molecule has 0 bridgehead atoms. The molecule has 0 saturated heterocycles. The molecule has 2 rings (SSSR count). The number of hydrogen-bond acceptors (Lipinski definition) is 3. The topological polar surface area (TPSA) is 87.7 Å². The summed E-state index contributed by atoms with van der Waals surface area (Å²) in [6.45, 7) is 1.86. The SMILES string of the molecule is COc1cc(NC(=O)Nc2ccc(C)c(Cl)c2)ccc1C(=O)O. The Hall–Kier alpha value is -2.73. The van der Waals surface area contributed by atoms with Gasteiger partial charge in [-0.3, -0.25) is 0 Å². The third-order valence-corrected chi connectivity index (χ3v) is 3.53. The van der Waals surface area contributed by atoms with E-state index < -0.39 is 12.0 Å². The molecule has 7 heteroatoms. The number of carbonyl (C=O) groups is 2. The van der Waals surface area contributed by atoms with Crippen LogP contribution in [0.3, 0.4) is 0 Å². The average molecular weight is 335 g/mol. The van der Waals surface area contributed by atoms with E-state index in [1.54, 1.807) is 18.2 Å². The highest BCUT2D eigenvalue weighted by molar-refractivity contribution is 6.31. The average Bonchev–Trinajstić information content (AvgIpc) is 2.50. The van der Waals surface area contributed by atoms with E-state index in [-0.39, 0.29) is 11.3 Å². The van der Waals surface area contributed by atoms with Crippen molar-refractivity contribution in [3.05, 3.63) is 52.5 Å². The molecule has 0 aliphatic carbocycles. The number of urea groups is 1. The first kappa shape index (κ1) is 16.6. The van der Waals surface area contributed by atoms with Crippen LogP contribution in [0.25, 0.3) is 0 Å². The van der Waals surface area contributed by atoms with Crippen LogP contribution in [0.5, 0.6) is 5.75 Å². The predicted molar refractivity (Wildman–Crippen MR) is 88.8 cm³/mol. The van der Waals surface area contributed by atoms with Crippen LogP contribution in [0.4, 0.5) is 16.2 Å². The molecule has 2 amide bonds. The smallest absolute Gasteiger partial charge is 0.339 e. The molecular formula is C16H15ClN2O4. The number of aryl methyl sites for hydroxylation is 1. The first-order chi connectivity index (χ1) is 10.9. The van der Waals surface area contributed by atoms with Crippen molar-refractivity contribution >= 4 is 35.0 Å². The van der Waals surface area contributed by atoms with E-state index in [1.165, 1.54) is 25.3 Å². The highest BCUT2D eigenvalue weighted by atomic mass is 35.5. The fourth-order valence-corrected chi connectivity index (χ4v) is 2.09. The molecule has 3 N–H and O–H groups in total. The number of carbonyl (C=O) groups excluding carboxylic acids is 1. The minimum Gasteiger partial charge on any atom is -0.496 e. The summed E-state index contributed by atoms with van der Waals surface area (Å²) in [5, 5.41) is 14.8. The zero-order valence-corrected chi connectivity index (χ0v) is 13.3. The molecule has 0 atom stereocenters. The number of aromatic carboxylic acids is 1. The van der Waals surface area contributed by atoms with E-state index in [9.17, 15) is 9.59 Å². The van der Waals surface area contributed by atoms with Crippen molar-refractivity contribution in [2.45, 2.75) is 6.92 Å². The lowest BCUT2D eigenvalue weighted by atomic mass is 10.2. The van der Waals surface area contributed by atoms with Gasteiger partial charge in [-0.1, -0.05) is 17.7 Å². The molecule has 0 aliphatic rings. The summed E-state index contributed by atoms with van der Waals surface area (Å²) >= 11 is 6.00. The van der Waals surface area contributed by atoms with Gasteiger partial charge in [0.15, 0.2) is 0 Å². The van der Waals surface area contributed by atoms with Crippen molar-refractivity contribution in [3.63, 3.8) is 0 Å². The highest BCUT2D eigenvalue weighted by Gasteiger charge is 2.12. The Morgan fingerprint density at radius 3 is 2.26 bits per heavy atom. The van der Waals surface area contributed by atoms with E-state index in [0.29, 0.717) is 16.4 Å². The Balaban J connectivity index is 2.10. The third kappa shape index (κ3) is 4.14. The number of amides is 2. The van der Waals surface area contributed by atoms with E-state index in [4.69, 9.17) is 21.4 Å². The molecule has 0 saturated carbocycles. The van der Waals surface area contributed by atoms with E-state index in [0.717, 1.165) is 5.56 Å². The van der Waals surface area contributed by atoms with Gasteiger partial charge in [0.2, 0.25) is 0 Å². The van der Waals surface area contributed by atoms with Gasteiger partial charge in [-0.05, 0) is 36.8 Å². The number of halogens is 1. The Bertz CT molecular complexity index is 762. The number of ether oxygens (including phenoxy) is 1. The molecule has 0 fully saturated rings. The molecule has 120 valence electrons. The van der Waals surface area contributed by atoms with Crippen molar-refractivity contribution in [2.24, 2.45) is 0 Å². The van der Waals surface area contributed by atoms with Crippen molar-refractivity contribution in [2.75, 3.05) is 17.7 Å². The van der Waals surface area contributed by atoms with Gasteiger partial charge >= 0.3 is 12.0 Å². The fourth-order valence-electron chi connectivity index (χ4n) is 1.91. The third-order valence-electron chi connectivity index (χ3n) is 3.12. The number of carboxylic acids is 1. The largest absolute Gasteiger partial charge is 0.496 e. The second-order valence-corrected chi connectivity index (χ2v) is 5.17. The van der Waals surface area contributed by atoms with Gasteiger partial charge < -0.3 is 20.5 Å². The van der Waals surface area contributed by atoms with Gasteiger partial charge in [-0.25, -0.2) is 9.59 Å². The van der Waals surface area contributed by atoms with Crippen LogP contribution in [0, 0.1) is 6.92 Å². The van der Waals surface area contributed by atoms with Crippen molar-refractivity contribution in [1.82, 2.24) is 0 Å². The summed E-state index contributed by atoms with van der Waals surface area (Å²) in [6, 6.07) is 8.97. The van der Waals surface area contributed by atoms with Gasteiger partial charge in [0.25, 0.3) is 0 Å². The first-order valence-electron chi connectivity index (χ1n) is 6.66. The normalized spacial score (nSPS) is 10.0. The highest BCUT2D eigenvalue weighted by Crippen LogP contribution is 2.24. The van der Waals surface area contributed by atoms with Crippen LogP contribution in [0.2, 0.25) is 5.02 Å². The number of methoxy groups -OCH3 is 1. The molecule has 0 aromatic heterocycles. The quantitative estimate of drug-likeness (QED) is 0.788. The molecule has 0 aliphatic heterocycles. The van der Waals surface area contributed by atoms with Gasteiger partial charge in [-0.2, -0.15) is 0 Å². The van der Waals surface area contributed by atoms with Crippen molar-refractivity contribution < 1.29 is 19.4 Å². The first-order valence-corrected chi connectivity index (χ1v) is 7.04. The molecule has 0 heterocycles. The van der Waals surface area contributed by atoms with Crippen LogP contribution < -0.4 is 15.4 Å². The van der Waals surface area contributed by atoms with Gasteiger partial charge in [0, 0.05) is 22.5 Å². The fraction of sp³-hybridized carbons (Fsp3) is 0.125. The lowest BCUT2D eigenvalue weighted by Crippen LogP contribution is -2.19. The Labute approximate surface area is 138 Å². The number of hydrogen-bond donors (Lipinski definition) is 3. The molecule has 0 unspecified atom stereocenters. The van der Waals surface area contributed by atoms with E-state index >= 15 is 0 Å². The lowest BCUT2D eigenvalue weighted by Gasteiger charge is -2.11. The maximum absolute atomic E-state index is 12.0. The standard InChI is InChI=1S/C16H15ClN2O4/c1-9-3-4-10(7-13(9)17)18-16(22)19-11-5-6-12(15(20)21)14(8-11)23-2/h3-8H,1-2H3,(H,20,21)(H2,18,19,22). The maximum atomic E-state index is 12.0. The van der Waals surface area contributed by atoms with Crippen LogP contribution in [-0.4, -0.2) is 24.2 Å². The molecule has 23 heavy (non-hydrogen) atoms. The van der Waals surface area contributed by atoms with Crippen LogP contribution in [-0.2, 0) is 0 Å².